The molecule has 0 bridgehead atoms. The molecule has 5 nitrogen and oxygen atoms in total. The van der Waals surface area contributed by atoms with Gasteiger partial charge in [0.15, 0.2) is 5.96 Å². The molecule has 0 aromatic carbocycles. The summed E-state index contributed by atoms with van der Waals surface area (Å²) in [6, 6.07) is 6.30. The first-order chi connectivity index (χ1) is 12.6. The number of likely N-dealkylation sites (tertiary alicyclic amines) is 1. The number of nitrogens with one attached hydrogen (secondary N) is 2. The number of likely N-dealkylation sites (N-methyl/N-ethyl adjacent to an activating group) is 1. The minimum Gasteiger partial charge on any atom is -0.356 e. The molecule has 1 saturated heterocycles. The van der Waals surface area contributed by atoms with E-state index in [0.717, 1.165) is 25.1 Å². The molecule has 3 rings (SSSR count). The highest BCUT2D eigenvalue weighted by Crippen LogP contribution is 2.36. The third kappa shape index (κ3) is 4.99. The number of hydrogen-bond donors (Lipinski definition) is 2. The van der Waals surface area contributed by atoms with Gasteiger partial charge in [0.25, 0.3) is 0 Å². The first-order valence-corrected chi connectivity index (χ1v) is 10.9. The van der Waals surface area contributed by atoms with Crippen LogP contribution in [-0.4, -0.2) is 68.6 Å². The number of rotatable bonds is 7. The summed E-state index contributed by atoms with van der Waals surface area (Å²) in [4.78, 5) is 10.9. The van der Waals surface area contributed by atoms with Crippen LogP contribution in [0.4, 0.5) is 0 Å². The Hall–Kier alpha value is -1.11. The maximum Gasteiger partial charge on any atom is 0.191 e. The number of aliphatic imine (C=N–C) groups is 1. The molecule has 2 aliphatic rings. The van der Waals surface area contributed by atoms with Crippen LogP contribution in [0.25, 0.3) is 0 Å². The quantitative estimate of drug-likeness (QED) is 0.566. The molecule has 26 heavy (non-hydrogen) atoms. The third-order valence-corrected chi connectivity index (χ3v) is 6.92. The van der Waals surface area contributed by atoms with Gasteiger partial charge in [-0.05, 0) is 70.6 Å². The van der Waals surface area contributed by atoms with Gasteiger partial charge in [-0.1, -0.05) is 6.07 Å². The lowest BCUT2D eigenvalue weighted by Crippen LogP contribution is -2.48. The van der Waals surface area contributed by atoms with Gasteiger partial charge in [-0.2, -0.15) is 0 Å². The molecule has 6 heteroatoms. The van der Waals surface area contributed by atoms with Crippen molar-refractivity contribution in [2.75, 3.05) is 40.8 Å². The Balaban J connectivity index is 1.50. The minimum absolute atomic E-state index is 0.522. The molecule has 2 N–H and O–H groups in total. The molecule has 146 valence electrons. The van der Waals surface area contributed by atoms with Gasteiger partial charge in [0.1, 0.15) is 0 Å². The zero-order valence-electron chi connectivity index (χ0n) is 16.7. The van der Waals surface area contributed by atoms with Crippen molar-refractivity contribution in [1.29, 1.82) is 0 Å². The van der Waals surface area contributed by atoms with E-state index in [1.165, 1.54) is 37.1 Å². The lowest BCUT2D eigenvalue weighted by atomic mass is 9.88. The number of hydrogen-bond acceptors (Lipinski definition) is 4. The summed E-state index contributed by atoms with van der Waals surface area (Å²) in [6.45, 7) is 5.39. The maximum atomic E-state index is 4.44. The summed E-state index contributed by atoms with van der Waals surface area (Å²) < 4.78 is 0. The Labute approximate surface area is 162 Å². The van der Waals surface area contributed by atoms with Crippen molar-refractivity contribution >= 4 is 17.3 Å². The average Bonchev–Trinajstić information content (AvgIpc) is 3.36. The van der Waals surface area contributed by atoms with Crippen molar-refractivity contribution in [3.63, 3.8) is 0 Å². The van der Waals surface area contributed by atoms with E-state index in [1.54, 1.807) is 0 Å². The van der Waals surface area contributed by atoms with Crippen molar-refractivity contribution < 1.29 is 0 Å². The Morgan fingerprint density at radius 2 is 2.19 bits per heavy atom. The second-order valence-electron chi connectivity index (χ2n) is 7.92. The molecule has 3 atom stereocenters. The Morgan fingerprint density at radius 1 is 1.38 bits per heavy atom. The molecule has 3 unspecified atom stereocenters. The summed E-state index contributed by atoms with van der Waals surface area (Å²) in [5.74, 6) is 1.55. The van der Waals surface area contributed by atoms with E-state index in [9.17, 15) is 0 Å². The topological polar surface area (TPSA) is 42.9 Å². The van der Waals surface area contributed by atoms with Crippen LogP contribution in [0.2, 0.25) is 0 Å². The molecule has 1 saturated carbocycles. The van der Waals surface area contributed by atoms with E-state index in [4.69, 9.17) is 0 Å². The Kier molecular flexibility index (Phi) is 6.95. The average molecular weight is 378 g/mol. The second kappa shape index (κ2) is 9.20. The third-order valence-electron chi connectivity index (χ3n) is 5.98. The highest BCUT2D eigenvalue weighted by atomic mass is 32.1. The van der Waals surface area contributed by atoms with Gasteiger partial charge in [0, 0.05) is 43.1 Å². The van der Waals surface area contributed by atoms with E-state index in [2.05, 4.69) is 64.0 Å². The number of piperidine rings is 1. The smallest absolute Gasteiger partial charge is 0.191 e. The predicted molar refractivity (Wildman–Crippen MR) is 112 cm³/mol. The standard InChI is InChI=1S/C20H35N5S/c1-15(25(4)17-9-10-17)13-22-20(21-2)23-14-16-7-5-11-24(3)19(16)18-8-6-12-26-18/h6,8,12,15-17,19H,5,7,9-11,13-14H2,1-4H3,(H2,21,22,23). The Bertz CT molecular complexity index is 569. The van der Waals surface area contributed by atoms with Crippen molar-refractivity contribution in [3.8, 4) is 0 Å². The highest BCUT2D eigenvalue weighted by molar-refractivity contribution is 7.10. The van der Waals surface area contributed by atoms with E-state index in [-0.39, 0.29) is 0 Å². The SMILES string of the molecule is CN=C(NCC1CCCN(C)C1c1cccs1)NCC(C)N(C)C1CC1. The zero-order chi connectivity index (χ0) is 18.5. The second-order valence-corrected chi connectivity index (χ2v) is 8.90. The van der Waals surface area contributed by atoms with E-state index >= 15 is 0 Å². The fraction of sp³-hybridized carbons (Fsp3) is 0.750. The molecular weight excluding hydrogens is 342 g/mol. The summed E-state index contributed by atoms with van der Waals surface area (Å²) in [7, 11) is 6.37. The van der Waals surface area contributed by atoms with Crippen LogP contribution in [0.5, 0.6) is 0 Å². The molecule has 1 aliphatic carbocycles. The molecule has 2 heterocycles. The predicted octanol–water partition coefficient (Wildman–Crippen LogP) is 2.78. The number of guanidine groups is 1. The normalized spacial score (nSPS) is 26.1. The van der Waals surface area contributed by atoms with Gasteiger partial charge in [0.05, 0.1) is 0 Å². The minimum atomic E-state index is 0.522. The zero-order valence-corrected chi connectivity index (χ0v) is 17.6. The van der Waals surface area contributed by atoms with Gasteiger partial charge in [0.2, 0.25) is 0 Å². The summed E-state index contributed by atoms with van der Waals surface area (Å²) in [5.41, 5.74) is 0. The molecule has 1 aliphatic heterocycles. The molecule has 0 spiro atoms. The van der Waals surface area contributed by atoms with Gasteiger partial charge >= 0.3 is 0 Å². The van der Waals surface area contributed by atoms with Crippen LogP contribution in [-0.2, 0) is 0 Å². The lowest BCUT2D eigenvalue weighted by Gasteiger charge is -2.39. The molecule has 1 aromatic heterocycles. The number of thiophene rings is 1. The Morgan fingerprint density at radius 3 is 2.85 bits per heavy atom. The fourth-order valence-corrected chi connectivity index (χ4v) is 5.04. The molecular formula is C20H35N5S. The first-order valence-electron chi connectivity index (χ1n) is 10.00. The van der Waals surface area contributed by atoms with Crippen LogP contribution < -0.4 is 10.6 Å². The summed E-state index contributed by atoms with van der Waals surface area (Å²) in [5, 5.41) is 9.30. The number of nitrogens with zero attached hydrogens (tertiary/aromatic N) is 3. The van der Waals surface area contributed by atoms with Gasteiger partial charge in [-0.15, -0.1) is 11.3 Å². The van der Waals surface area contributed by atoms with Gasteiger partial charge in [-0.25, -0.2) is 0 Å². The largest absolute Gasteiger partial charge is 0.356 e. The monoisotopic (exact) mass is 377 g/mol. The fourth-order valence-electron chi connectivity index (χ4n) is 4.06. The van der Waals surface area contributed by atoms with Crippen LogP contribution in [0.1, 0.15) is 43.5 Å². The van der Waals surface area contributed by atoms with Crippen LogP contribution in [0.3, 0.4) is 0 Å². The lowest BCUT2D eigenvalue weighted by molar-refractivity contribution is 0.125. The summed E-state index contributed by atoms with van der Waals surface area (Å²) in [6.07, 6.45) is 5.26. The molecule has 1 aromatic rings. The van der Waals surface area contributed by atoms with E-state index in [1.807, 2.05) is 18.4 Å². The van der Waals surface area contributed by atoms with Crippen molar-refractivity contribution in [1.82, 2.24) is 20.4 Å². The van der Waals surface area contributed by atoms with E-state index in [0.29, 0.717) is 18.0 Å². The van der Waals surface area contributed by atoms with E-state index < -0.39 is 0 Å². The molecule has 0 amide bonds. The first kappa shape index (κ1) is 19.6. The highest BCUT2D eigenvalue weighted by Gasteiger charge is 2.31. The maximum absolute atomic E-state index is 4.44. The summed E-state index contributed by atoms with van der Waals surface area (Å²) >= 11 is 1.88. The van der Waals surface area contributed by atoms with Crippen molar-refractivity contribution in [2.24, 2.45) is 10.9 Å². The van der Waals surface area contributed by atoms with Gasteiger partial charge in [-0.3, -0.25) is 14.8 Å². The van der Waals surface area contributed by atoms with Crippen LogP contribution in [0.15, 0.2) is 22.5 Å². The molecule has 2 fully saturated rings. The van der Waals surface area contributed by atoms with Crippen LogP contribution >= 0.6 is 11.3 Å². The van der Waals surface area contributed by atoms with Crippen LogP contribution in [0, 0.1) is 5.92 Å². The van der Waals surface area contributed by atoms with Crippen molar-refractivity contribution in [3.05, 3.63) is 22.4 Å². The molecule has 0 radical (unpaired) electrons. The van der Waals surface area contributed by atoms with Crippen molar-refractivity contribution in [2.45, 2.75) is 50.7 Å². The van der Waals surface area contributed by atoms with Gasteiger partial charge < -0.3 is 10.6 Å².